The number of ether oxygens (including phenoxy) is 3. The summed E-state index contributed by atoms with van der Waals surface area (Å²) >= 11 is 7.54. The van der Waals surface area contributed by atoms with Gasteiger partial charge < -0.3 is 39.1 Å². The van der Waals surface area contributed by atoms with Crippen molar-refractivity contribution in [1.29, 1.82) is 0 Å². The molecule has 0 aromatic carbocycles. The van der Waals surface area contributed by atoms with E-state index < -0.39 is 141 Å². The third kappa shape index (κ3) is 9.40. The molecule has 326 valence electrons. The highest BCUT2D eigenvalue weighted by Crippen LogP contribution is 2.71. The molecule has 0 aromatic heterocycles. The average molecular weight is 861 g/mol. The van der Waals surface area contributed by atoms with Gasteiger partial charge in [0.25, 0.3) is 15.3 Å². The lowest BCUT2D eigenvalue weighted by Crippen LogP contribution is -2.69. The van der Waals surface area contributed by atoms with E-state index in [4.69, 9.17) is 25.8 Å². The molecule has 23 nitrogen and oxygen atoms in total. The minimum absolute atomic E-state index is 0.112. The van der Waals surface area contributed by atoms with E-state index in [0.717, 1.165) is 12.5 Å². The maximum Gasteiger partial charge on any atom is 0.329 e. The molecule has 2 saturated carbocycles. The third-order valence-electron chi connectivity index (χ3n) is 12.0. The Morgan fingerprint density at radius 1 is 1.00 bits per heavy atom. The minimum Gasteiger partial charge on any atom is -0.462 e. The number of rotatable bonds is 20. The predicted octanol–water partition coefficient (Wildman–Crippen LogP) is 1.48. The highest BCUT2D eigenvalue weighted by molar-refractivity contribution is 6.26. The SMILES string of the molecule is CC(=O)NC(CC(=O)OCC(=O)[C@@]1(OC(=O)CCCO[N+](=O)[O-])[C@@H](C)CC2C3CC=C4CC(=O)C=C[C@]4(C)[C@@]3(Cl)[C@@H](O)C[C@@]21C)C(=O)OCC(CO[N+](=O)[O-])O[N+](=O)[O-]. The summed E-state index contributed by atoms with van der Waals surface area (Å²) in [6.45, 7) is 2.64. The number of aliphatic hydroxyl groups excluding tert-OH is 1. The molecule has 0 radical (unpaired) electrons. The summed E-state index contributed by atoms with van der Waals surface area (Å²) in [5, 5.41) is 42.5. The maximum absolute atomic E-state index is 14.6. The molecule has 0 heterocycles. The molecule has 4 aliphatic rings. The van der Waals surface area contributed by atoms with Gasteiger partial charge in [0, 0.05) is 36.5 Å². The summed E-state index contributed by atoms with van der Waals surface area (Å²) in [4.78, 5) is 122. The summed E-state index contributed by atoms with van der Waals surface area (Å²) < 4.78 is 16.3. The van der Waals surface area contributed by atoms with E-state index in [0.29, 0.717) is 6.42 Å². The Labute approximate surface area is 340 Å². The lowest BCUT2D eigenvalue weighted by Gasteiger charge is -2.63. The summed E-state index contributed by atoms with van der Waals surface area (Å²) in [5.74, 6) is -7.19. The van der Waals surface area contributed by atoms with Gasteiger partial charge in [0.15, 0.2) is 24.1 Å². The van der Waals surface area contributed by atoms with Gasteiger partial charge in [-0.1, -0.05) is 38.5 Å². The summed E-state index contributed by atoms with van der Waals surface area (Å²) in [6.07, 6.45) is 0.865. The molecule has 2 N–H and O–H groups in total. The Hall–Kier alpha value is -5.45. The number of nitrogens with zero attached hydrogens (tertiary/aromatic N) is 3. The molecule has 4 aliphatic carbocycles. The number of allylic oxidation sites excluding steroid dienone is 4. The number of nitrogens with one attached hydrogen (secondary N) is 1. The predicted molar refractivity (Wildman–Crippen MR) is 193 cm³/mol. The second kappa shape index (κ2) is 18.2. The van der Waals surface area contributed by atoms with Gasteiger partial charge in [-0.05, 0) is 43.6 Å². The van der Waals surface area contributed by atoms with Crippen LogP contribution in [0.25, 0.3) is 0 Å². The zero-order chi connectivity index (χ0) is 44.1. The average Bonchev–Trinajstić information content (AvgIpc) is 3.35. The van der Waals surface area contributed by atoms with Crippen molar-refractivity contribution in [3.8, 4) is 0 Å². The first-order valence-corrected chi connectivity index (χ1v) is 18.9. The molecule has 10 atom stereocenters. The van der Waals surface area contributed by atoms with Crippen molar-refractivity contribution in [1.82, 2.24) is 5.32 Å². The Bertz CT molecular complexity index is 1810. The lowest BCUT2D eigenvalue weighted by atomic mass is 9.46. The fourth-order valence-corrected chi connectivity index (χ4v) is 9.96. The molecule has 24 heteroatoms. The van der Waals surface area contributed by atoms with E-state index >= 15 is 0 Å². The van der Waals surface area contributed by atoms with Gasteiger partial charge in [-0.25, -0.2) is 4.79 Å². The van der Waals surface area contributed by atoms with Crippen LogP contribution in [0.1, 0.15) is 72.6 Å². The fraction of sp³-hybridized carbons (Fsp3) is 0.714. The second-order valence-electron chi connectivity index (χ2n) is 15.4. The van der Waals surface area contributed by atoms with E-state index in [2.05, 4.69) is 19.8 Å². The largest absolute Gasteiger partial charge is 0.462 e. The molecule has 4 unspecified atom stereocenters. The van der Waals surface area contributed by atoms with Gasteiger partial charge in [0.05, 0.1) is 24.0 Å². The number of carbonyl (C=O) groups is 6. The van der Waals surface area contributed by atoms with Gasteiger partial charge in [0.1, 0.15) is 19.3 Å². The maximum atomic E-state index is 14.6. The zero-order valence-corrected chi connectivity index (χ0v) is 33.2. The Balaban J connectivity index is 1.59. The van der Waals surface area contributed by atoms with Crippen molar-refractivity contribution in [2.45, 2.75) is 101 Å². The van der Waals surface area contributed by atoms with Crippen LogP contribution in [-0.2, 0) is 57.5 Å². The second-order valence-corrected chi connectivity index (χ2v) is 16.0. The smallest absolute Gasteiger partial charge is 0.329 e. The minimum atomic E-state index is -2.07. The van der Waals surface area contributed by atoms with Crippen molar-refractivity contribution < 1.29 is 77.9 Å². The molecule has 0 spiro atoms. The molecule has 4 rings (SSSR count). The molecule has 0 aliphatic heterocycles. The molecule has 1 amide bonds. The number of hydrogen-bond acceptors (Lipinski definition) is 19. The highest BCUT2D eigenvalue weighted by Gasteiger charge is 2.76. The number of aliphatic hydroxyl groups is 1. The lowest BCUT2D eigenvalue weighted by molar-refractivity contribution is -0.790. The molecule has 2 fully saturated rings. The quantitative estimate of drug-likeness (QED) is 0.0333. The number of ketones is 2. The van der Waals surface area contributed by atoms with Crippen molar-refractivity contribution in [2.75, 3.05) is 26.4 Å². The number of carbonyl (C=O) groups excluding carboxylic acids is 6. The van der Waals surface area contributed by atoms with Crippen molar-refractivity contribution >= 4 is 47.0 Å². The highest BCUT2D eigenvalue weighted by atomic mass is 35.5. The van der Waals surface area contributed by atoms with Crippen molar-refractivity contribution in [2.24, 2.45) is 28.6 Å². The standard InChI is InChI=1S/C35H45ClN4O19/c1-19-12-25-24-8-7-21-13-22(42)9-10-32(21,3)34(24,36)27(43)15-33(25,4)35(19,58-29(45)6-5-11-56-38(48)49)28(44)18-54-30(46)14-26(37-20(2)41)31(47)55-16-23(59-40(52)53)17-57-39(50)51/h7,9-10,19,23-27,43H,5-6,8,11-18H2,1-4H3,(H,37,41)/t19-,23?,24?,25?,26?,27-,32-,33-,34-,35-/m0/s1. The summed E-state index contributed by atoms with van der Waals surface area (Å²) in [6, 6.07) is -1.79. The van der Waals surface area contributed by atoms with E-state index in [1.54, 1.807) is 19.9 Å². The van der Waals surface area contributed by atoms with Gasteiger partial charge in [-0.3, -0.25) is 24.0 Å². The number of Topliss-reactive ketones (excluding diaryl/α,β-unsaturated/α-hetero) is 1. The van der Waals surface area contributed by atoms with Crippen LogP contribution in [-0.4, -0.2) is 111 Å². The topological polar surface area (TPSA) is 319 Å². The molecule has 59 heavy (non-hydrogen) atoms. The van der Waals surface area contributed by atoms with Crippen LogP contribution < -0.4 is 5.32 Å². The summed E-state index contributed by atoms with van der Waals surface area (Å²) in [7, 11) is 0. The molecule has 0 aromatic rings. The van der Waals surface area contributed by atoms with Crippen LogP contribution in [0, 0.1) is 58.9 Å². The van der Waals surface area contributed by atoms with E-state index in [1.165, 1.54) is 6.08 Å². The van der Waals surface area contributed by atoms with E-state index in [-0.39, 0.29) is 31.5 Å². The number of amides is 1. The molecular weight excluding hydrogens is 816 g/mol. The zero-order valence-electron chi connectivity index (χ0n) is 32.5. The van der Waals surface area contributed by atoms with Crippen LogP contribution >= 0.6 is 11.6 Å². The number of halogens is 1. The number of fused-ring (bicyclic) bond motifs is 5. The number of hydrogen-bond donors (Lipinski definition) is 2. The van der Waals surface area contributed by atoms with Gasteiger partial charge in [0.2, 0.25) is 11.7 Å². The fourth-order valence-electron chi connectivity index (χ4n) is 9.46. The molecular formula is C35H45ClN4O19. The molecule has 0 saturated heterocycles. The Kier molecular flexibility index (Phi) is 14.3. The summed E-state index contributed by atoms with van der Waals surface area (Å²) in [5.41, 5.74) is -3.64. The first-order valence-electron chi connectivity index (χ1n) is 18.5. The van der Waals surface area contributed by atoms with Crippen LogP contribution in [0.2, 0.25) is 0 Å². The van der Waals surface area contributed by atoms with Gasteiger partial charge in [-0.2, -0.15) is 0 Å². The normalized spacial score (nSPS) is 31.4. The number of alkyl halides is 1. The van der Waals surface area contributed by atoms with Crippen LogP contribution in [0.15, 0.2) is 23.8 Å². The Morgan fingerprint density at radius 2 is 1.68 bits per heavy atom. The first kappa shape index (κ1) is 46.2. The van der Waals surface area contributed by atoms with Crippen molar-refractivity contribution in [3.63, 3.8) is 0 Å². The van der Waals surface area contributed by atoms with Crippen molar-refractivity contribution in [3.05, 3.63) is 54.1 Å². The van der Waals surface area contributed by atoms with Crippen LogP contribution in [0.3, 0.4) is 0 Å². The third-order valence-corrected chi connectivity index (χ3v) is 12.9. The van der Waals surface area contributed by atoms with Crippen LogP contribution in [0.5, 0.6) is 0 Å². The first-order chi connectivity index (χ1) is 27.5. The van der Waals surface area contributed by atoms with E-state index in [1.807, 2.05) is 13.0 Å². The van der Waals surface area contributed by atoms with Crippen LogP contribution in [0.4, 0.5) is 0 Å². The monoisotopic (exact) mass is 860 g/mol. The van der Waals surface area contributed by atoms with Gasteiger partial charge >= 0.3 is 17.9 Å². The van der Waals surface area contributed by atoms with E-state index in [9.17, 15) is 64.2 Å². The van der Waals surface area contributed by atoms with Gasteiger partial charge in [-0.15, -0.1) is 41.9 Å². The number of esters is 3. The molecule has 0 bridgehead atoms. The Morgan fingerprint density at radius 3 is 2.31 bits per heavy atom.